The molecule has 2 aromatic rings. The Hall–Kier alpha value is -3.10. The van der Waals surface area contributed by atoms with Crippen LogP contribution >= 0.6 is 0 Å². The predicted molar refractivity (Wildman–Crippen MR) is 104 cm³/mol. The lowest BCUT2D eigenvalue weighted by molar-refractivity contribution is -0.274. The zero-order chi connectivity index (χ0) is 22.3. The number of ether oxygens (including phenoxy) is 1. The number of benzene rings is 1. The van der Waals surface area contributed by atoms with Crippen molar-refractivity contribution in [3.8, 4) is 5.75 Å². The van der Waals surface area contributed by atoms with Crippen LogP contribution in [0, 0.1) is 0 Å². The second-order valence-electron chi connectivity index (χ2n) is 7.84. The monoisotopic (exact) mass is 421 g/mol. The van der Waals surface area contributed by atoms with Crippen molar-refractivity contribution in [2.75, 3.05) is 4.90 Å². The summed E-state index contributed by atoms with van der Waals surface area (Å²) in [4.78, 5) is 32.7. The van der Waals surface area contributed by atoms with Crippen molar-refractivity contribution in [3.05, 3.63) is 53.9 Å². The van der Waals surface area contributed by atoms with Gasteiger partial charge in [0.05, 0.1) is 5.69 Å². The summed E-state index contributed by atoms with van der Waals surface area (Å²) in [5, 5.41) is 0. The third-order valence-corrected chi connectivity index (χ3v) is 5.05. The molecule has 3 rings (SSSR count). The molecule has 0 radical (unpaired) electrons. The van der Waals surface area contributed by atoms with Gasteiger partial charge in [0.2, 0.25) is 0 Å². The number of urea groups is 1. The van der Waals surface area contributed by atoms with Crippen molar-refractivity contribution < 1.29 is 27.5 Å². The van der Waals surface area contributed by atoms with Crippen molar-refractivity contribution in [2.45, 2.75) is 52.1 Å². The van der Waals surface area contributed by atoms with Gasteiger partial charge in [-0.2, -0.15) is 0 Å². The number of anilines is 1. The first-order chi connectivity index (χ1) is 13.9. The zero-order valence-corrected chi connectivity index (χ0v) is 17.0. The third-order valence-electron chi connectivity index (χ3n) is 5.05. The molecule has 0 unspecified atom stereocenters. The highest BCUT2D eigenvalue weighted by molar-refractivity contribution is 6.22. The molecule has 0 spiro atoms. The van der Waals surface area contributed by atoms with Crippen molar-refractivity contribution in [1.29, 1.82) is 0 Å². The smallest absolute Gasteiger partial charge is 0.406 e. The van der Waals surface area contributed by atoms with Crippen LogP contribution in [0.4, 0.5) is 23.7 Å². The molecule has 1 fully saturated rings. The molecule has 6 nitrogen and oxygen atoms in total. The summed E-state index contributed by atoms with van der Waals surface area (Å²) in [5.41, 5.74) is 0.898. The molecule has 1 aromatic carbocycles. The minimum Gasteiger partial charge on any atom is -0.406 e. The number of hydrogen-bond acceptors (Lipinski definition) is 4. The van der Waals surface area contributed by atoms with Crippen LogP contribution in [0.2, 0.25) is 0 Å². The molecule has 0 atom stereocenters. The number of amides is 3. The van der Waals surface area contributed by atoms with Gasteiger partial charge in [-0.05, 0) is 61.2 Å². The summed E-state index contributed by atoms with van der Waals surface area (Å²) in [7, 11) is 0. The number of pyridine rings is 1. The molecule has 0 aliphatic carbocycles. The summed E-state index contributed by atoms with van der Waals surface area (Å²) in [5.74, 6) is -0.709. The first-order valence-corrected chi connectivity index (χ1v) is 9.36. The molecule has 0 N–H and O–H groups in total. The van der Waals surface area contributed by atoms with E-state index in [9.17, 15) is 22.8 Å². The van der Waals surface area contributed by atoms with Crippen LogP contribution in [0.25, 0.3) is 0 Å². The minimum atomic E-state index is -4.82. The highest BCUT2D eigenvalue weighted by Crippen LogP contribution is 2.35. The lowest BCUT2D eigenvalue weighted by Crippen LogP contribution is -2.43. The molecule has 0 bridgehead atoms. The Kier molecular flexibility index (Phi) is 5.49. The number of halogens is 3. The van der Waals surface area contributed by atoms with Crippen molar-refractivity contribution >= 4 is 17.6 Å². The molecular weight excluding hydrogens is 399 g/mol. The summed E-state index contributed by atoms with van der Waals surface area (Å²) < 4.78 is 40.9. The number of aromatic nitrogens is 1. The predicted octanol–water partition coefficient (Wildman–Crippen LogP) is 4.85. The van der Waals surface area contributed by atoms with Gasteiger partial charge >= 0.3 is 12.4 Å². The number of carbonyl (C=O) groups is 2. The fraction of sp³-hybridized carbons (Fsp3) is 0.381. The number of nitrogens with zero attached hydrogens (tertiary/aromatic N) is 3. The highest BCUT2D eigenvalue weighted by Gasteiger charge is 2.51. The van der Waals surface area contributed by atoms with Gasteiger partial charge in [0.15, 0.2) is 0 Å². The van der Waals surface area contributed by atoms with Gasteiger partial charge in [-0.3, -0.25) is 9.78 Å². The second-order valence-corrected chi connectivity index (χ2v) is 7.84. The average molecular weight is 421 g/mol. The largest absolute Gasteiger partial charge is 0.573 e. The number of hydrogen-bond donors (Lipinski definition) is 0. The van der Waals surface area contributed by atoms with Gasteiger partial charge in [-0.1, -0.05) is 13.8 Å². The molecule has 0 saturated carbocycles. The van der Waals surface area contributed by atoms with Crippen molar-refractivity contribution in [2.24, 2.45) is 0 Å². The zero-order valence-electron chi connectivity index (χ0n) is 17.0. The molecule has 1 aromatic heterocycles. The number of alkyl halides is 3. The van der Waals surface area contributed by atoms with Crippen LogP contribution in [0.5, 0.6) is 5.75 Å². The molecule has 3 amide bonds. The maximum atomic E-state index is 13.1. The topological polar surface area (TPSA) is 62.7 Å². The van der Waals surface area contributed by atoms with E-state index in [1.165, 1.54) is 17.0 Å². The van der Waals surface area contributed by atoms with E-state index in [1.807, 2.05) is 19.9 Å². The fourth-order valence-electron chi connectivity index (χ4n) is 3.40. The maximum Gasteiger partial charge on any atom is 0.573 e. The standard InChI is InChI=1S/C21H22F3N3O3/c1-13(2)17-11-25-10-9-14(17)12-26-19(29)27(18(28)20(26,3)4)15-5-7-16(8-6-15)30-21(22,23)24/h5-11,13H,12H2,1-4H3. The summed E-state index contributed by atoms with van der Waals surface area (Å²) in [6.45, 7) is 7.52. The summed E-state index contributed by atoms with van der Waals surface area (Å²) >= 11 is 0. The van der Waals surface area contributed by atoms with E-state index in [0.29, 0.717) is 0 Å². The quantitative estimate of drug-likeness (QED) is 0.648. The molecule has 1 aliphatic rings. The Morgan fingerprint density at radius 3 is 2.30 bits per heavy atom. The number of imide groups is 1. The molecule has 30 heavy (non-hydrogen) atoms. The lowest BCUT2D eigenvalue weighted by Gasteiger charge is -2.28. The van der Waals surface area contributed by atoms with E-state index in [1.54, 1.807) is 26.2 Å². The van der Waals surface area contributed by atoms with E-state index in [0.717, 1.165) is 28.2 Å². The van der Waals surface area contributed by atoms with Gasteiger partial charge in [-0.25, -0.2) is 9.69 Å². The van der Waals surface area contributed by atoms with Crippen LogP contribution in [0.1, 0.15) is 44.7 Å². The number of carbonyl (C=O) groups excluding carboxylic acids is 2. The third kappa shape index (κ3) is 4.10. The van der Waals surface area contributed by atoms with E-state index >= 15 is 0 Å². The Balaban J connectivity index is 1.89. The molecule has 160 valence electrons. The second kappa shape index (κ2) is 7.62. The lowest BCUT2D eigenvalue weighted by atomic mass is 9.97. The molecule has 2 heterocycles. The van der Waals surface area contributed by atoms with Crippen LogP contribution in [-0.4, -0.2) is 33.7 Å². The summed E-state index contributed by atoms with van der Waals surface area (Å²) in [6, 6.07) is 5.92. The van der Waals surface area contributed by atoms with E-state index in [4.69, 9.17) is 0 Å². The van der Waals surface area contributed by atoms with Crippen LogP contribution < -0.4 is 9.64 Å². The van der Waals surface area contributed by atoms with E-state index in [-0.39, 0.29) is 18.2 Å². The normalized spacial score (nSPS) is 16.5. The Morgan fingerprint density at radius 2 is 1.73 bits per heavy atom. The average Bonchev–Trinajstić information content (AvgIpc) is 2.81. The van der Waals surface area contributed by atoms with Crippen LogP contribution in [-0.2, 0) is 11.3 Å². The van der Waals surface area contributed by atoms with Gasteiger partial charge in [0, 0.05) is 18.9 Å². The molecular formula is C21H22F3N3O3. The van der Waals surface area contributed by atoms with Crippen LogP contribution in [0.3, 0.4) is 0 Å². The van der Waals surface area contributed by atoms with Crippen molar-refractivity contribution in [1.82, 2.24) is 9.88 Å². The molecule has 9 heteroatoms. The Labute approximate surface area is 172 Å². The van der Waals surface area contributed by atoms with Crippen molar-refractivity contribution in [3.63, 3.8) is 0 Å². The number of rotatable bonds is 5. The summed E-state index contributed by atoms with van der Waals surface area (Å²) in [6.07, 6.45) is -1.45. The molecule has 1 saturated heterocycles. The fourth-order valence-corrected chi connectivity index (χ4v) is 3.40. The maximum absolute atomic E-state index is 13.1. The van der Waals surface area contributed by atoms with Gasteiger partial charge in [-0.15, -0.1) is 13.2 Å². The van der Waals surface area contributed by atoms with Gasteiger partial charge in [0.25, 0.3) is 5.91 Å². The Bertz CT molecular complexity index is 956. The van der Waals surface area contributed by atoms with E-state index in [2.05, 4.69) is 9.72 Å². The Morgan fingerprint density at radius 1 is 1.10 bits per heavy atom. The molecule has 1 aliphatic heterocycles. The van der Waals surface area contributed by atoms with E-state index < -0.39 is 29.6 Å². The highest BCUT2D eigenvalue weighted by atomic mass is 19.4. The first-order valence-electron chi connectivity index (χ1n) is 9.36. The van der Waals surface area contributed by atoms with Crippen LogP contribution in [0.15, 0.2) is 42.7 Å². The van der Waals surface area contributed by atoms with Gasteiger partial charge in [0.1, 0.15) is 11.3 Å². The SMILES string of the molecule is CC(C)c1cnccc1CN1C(=O)N(c2ccc(OC(F)(F)F)cc2)C(=O)C1(C)C. The minimum absolute atomic E-state index is 0.175. The van der Waals surface area contributed by atoms with Gasteiger partial charge < -0.3 is 9.64 Å². The first kappa shape index (κ1) is 21.6.